The van der Waals surface area contributed by atoms with E-state index in [1.54, 1.807) is 14.2 Å². The van der Waals surface area contributed by atoms with Gasteiger partial charge in [0, 0.05) is 17.5 Å². The van der Waals surface area contributed by atoms with Crippen molar-refractivity contribution in [2.75, 3.05) is 20.8 Å². The Labute approximate surface area is 123 Å². The van der Waals surface area contributed by atoms with Gasteiger partial charge < -0.3 is 15.2 Å². The van der Waals surface area contributed by atoms with Crippen LogP contribution in [-0.2, 0) is 5.41 Å². The lowest BCUT2D eigenvalue weighted by Gasteiger charge is -2.38. The van der Waals surface area contributed by atoms with Crippen LogP contribution in [0.2, 0.25) is 0 Å². The fourth-order valence-corrected chi connectivity index (χ4v) is 3.64. The molecular weight excluding hydrogens is 306 g/mol. The zero-order valence-corrected chi connectivity index (χ0v) is 13.3. The summed E-state index contributed by atoms with van der Waals surface area (Å²) in [4.78, 5) is 0. The van der Waals surface area contributed by atoms with Crippen molar-refractivity contribution in [1.29, 1.82) is 0 Å². The second-order valence-electron chi connectivity index (χ2n) is 5.21. The van der Waals surface area contributed by atoms with Gasteiger partial charge in [-0.2, -0.15) is 0 Å². The van der Waals surface area contributed by atoms with E-state index in [-0.39, 0.29) is 5.41 Å². The van der Waals surface area contributed by atoms with Crippen LogP contribution in [0.3, 0.4) is 0 Å². The molecule has 0 aromatic heterocycles. The SMILES string of the molecule is COc1c(Br)ccc(C2(CN)CCCCC2)c1OC. The molecule has 1 saturated carbocycles. The molecule has 0 bridgehead atoms. The van der Waals surface area contributed by atoms with E-state index in [2.05, 4.69) is 22.0 Å². The third kappa shape index (κ3) is 2.61. The standard InChI is InChI=1S/C15H22BrNO2/c1-18-13-11(6-7-12(16)14(13)19-2)15(10-17)8-4-3-5-9-15/h6-7H,3-5,8-10,17H2,1-2H3. The molecule has 0 aliphatic heterocycles. The Morgan fingerprint density at radius 2 is 1.74 bits per heavy atom. The second-order valence-corrected chi connectivity index (χ2v) is 6.06. The van der Waals surface area contributed by atoms with Gasteiger partial charge in [-0.1, -0.05) is 25.3 Å². The number of nitrogens with two attached hydrogens (primary N) is 1. The smallest absolute Gasteiger partial charge is 0.175 e. The van der Waals surface area contributed by atoms with Gasteiger partial charge in [-0.15, -0.1) is 0 Å². The Hall–Kier alpha value is -0.740. The normalized spacial score (nSPS) is 18.1. The quantitative estimate of drug-likeness (QED) is 0.918. The Bertz CT molecular complexity index is 442. The van der Waals surface area contributed by atoms with Crippen molar-refractivity contribution in [3.05, 3.63) is 22.2 Å². The van der Waals surface area contributed by atoms with Crippen LogP contribution >= 0.6 is 15.9 Å². The third-order valence-corrected chi connectivity index (χ3v) is 4.87. The summed E-state index contributed by atoms with van der Waals surface area (Å²) in [6.07, 6.45) is 6.03. The first-order valence-electron chi connectivity index (χ1n) is 6.79. The minimum absolute atomic E-state index is 0.0393. The fourth-order valence-electron chi connectivity index (χ4n) is 3.16. The van der Waals surface area contributed by atoms with Gasteiger partial charge in [-0.05, 0) is 34.8 Å². The highest BCUT2D eigenvalue weighted by Crippen LogP contribution is 2.47. The van der Waals surface area contributed by atoms with E-state index in [9.17, 15) is 0 Å². The lowest BCUT2D eigenvalue weighted by Crippen LogP contribution is -2.37. The molecule has 3 nitrogen and oxygen atoms in total. The molecule has 0 spiro atoms. The van der Waals surface area contributed by atoms with E-state index in [1.165, 1.54) is 24.8 Å². The molecule has 0 radical (unpaired) electrons. The number of halogens is 1. The van der Waals surface area contributed by atoms with E-state index >= 15 is 0 Å². The highest BCUT2D eigenvalue weighted by atomic mass is 79.9. The first-order valence-corrected chi connectivity index (χ1v) is 7.59. The molecule has 19 heavy (non-hydrogen) atoms. The summed E-state index contributed by atoms with van der Waals surface area (Å²) in [5.74, 6) is 1.59. The van der Waals surface area contributed by atoms with Crippen molar-refractivity contribution in [1.82, 2.24) is 0 Å². The van der Waals surface area contributed by atoms with Crippen LogP contribution in [0.5, 0.6) is 11.5 Å². The average molecular weight is 328 g/mol. The second kappa shape index (κ2) is 6.14. The van der Waals surface area contributed by atoms with E-state index in [4.69, 9.17) is 15.2 Å². The van der Waals surface area contributed by atoms with Crippen LogP contribution < -0.4 is 15.2 Å². The van der Waals surface area contributed by atoms with Crippen LogP contribution in [0.4, 0.5) is 0 Å². The minimum Gasteiger partial charge on any atom is -0.493 e. The molecule has 1 aromatic carbocycles. The van der Waals surface area contributed by atoms with E-state index < -0.39 is 0 Å². The summed E-state index contributed by atoms with van der Waals surface area (Å²) in [7, 11) is 3.36. The number of rotatable bonds is 4. The van der Waals surface area contributed by atoms with Crippen molar-refractivity contribution in [2.24, 2.45) is 5.73 Å². The van der Waals surface area contributed by atoms with Gasteiger partial charge in [0.05, 0.1) is 18.7 Å². The first-order chi connectivity index (χ1) is 9.18. The molecule has 1 aromatic rings. The topological polar surface area (TPSA) is 44.5 Å². The molecule has 0 heterocycles. The summed E-state index contributed by atoms with van der Waals surface area (Å²) < 4.78 is 12.0. The molecular formula is C15H22BrNO2. The predicted molar refractivity (Wildman–Crippen MR) is 81.1 cm³/mol. The summed E-state index contributed by atoms with van der Waals surface area (Å²) in [5, 5.41) is 0. The Morgan fingerprint density at radius 3 is 2.26 bits per heavy atom. The molecule has 0 amide bonds. The summed E-state index contributed by atoms with van der Waals surface area (Å²) >= 11 is 3.51. The summed E-state index contributed by atoms with van der Waals surface area (Å²) in [6.45, 7) is 0.661. The summed E-state index contributed by atoms with van der Waals surface area (Å²) in [5.41, 5.74) is 7.35. The largest absolute Gasteiger partial charge is 0.493 e. The zero-order valence-electron chi connectivity index (χ0n) is 11.7. The lowest BCUT2D eigenvalue weighted by atomic mass is 9.69. The first kappa shape index (κ1) is 14.7. The van der Waals surface area contributed by atoms with Gasteiger partial charge >= 0.3 is 0 Å². The Kier molecular flexibility index (Phi) is 4.74. The lowest BCUT2D eigenvalue weighted by molar-refractivity contribution is 0.281. The van der Waals surface area contributed by atoms with Crippen molar-refractivity contribution in [3.8, 4) is 11.5 Å². The maximum Gasteiger partial charge on any atom is 0.175 e. The molecule has 0 unspecified atom stereocenters. The van der Waals surface area contributed by atoms with Crippen LogP contribution in [0.25, 0.3) is 0 Å². The van der Waals surface area contributed by atoms with Crippen molar-refractivity contribution >= 4 is 15.9 Å². The van der Waals surface area contributed by atoms with Gasteiger partial charge in [0.25, 0.3) is 0 Å². The summed E-state index contributed by atoms with van der Waals surface area (Å²) in [6, 6.07) is 4.16. The van der Waals surface area contributed by atoms with Crippen LogP contribution in [0.15, 0.2) is 16.6 Å². The minimum atomic E-state index is 0.0393. The highest BCUT2D eigenvalue weighted by Gasteiger charge is 2.36. The van der Waals surface area contributed by atoms with Crippen LogP contribution in [0.1, 0.15) is 37.7 Å². The molecule has 4 heteroatoms. The number of benzene rings is 1. The van der Waals surface area contributed by atoms with Gasteiger partial charge in [-0.25, -0.2) is 0 Å². The molecule has 1 fully saturated rings. The third-order valence-electron chi connectivity index (χ3n) is 4.25. The predicted octanol–water partition coefficient (Wildman–Crippen LogP) is 3.63. The monoisotopic (exact) mass is 327 g/mol. The van der Waals surface area contributed by atoms with Crippen molar-refractivity contribution in [2.45, 2.75) is 37.5 Å². The number of methoxy groups -OCH3 is 2. The molecule has 106 valence electrons. The average Bonchev–Trinajstić information content (AvgIpc) is 2.47. The highest BCUT2D eigenvalue weighted by molar-refractivity contribution is 9.10. The molecule has 2 N–H and O–H groups in total. The number of ether oxygens (including phenoxy) is 2. The van der Waals surface area contributed by atoms with Gasteiger partial charge in [-0.3, -0.25) is 0 Å². The number of hydrogen-bond donors (Lipinski definition) is 1. The Morgan fingerprint density at radius 1 is 1.11 bits per heavy atom. The van der Waals surface area contributed by atoms with Gasteiger partial charge in [0.1, 0.15) is 0 Å². The van der Waals surface area contributed by atoms with Crippen LogP contribution in [0, 0.1) is 0 Å². The van der Waals surface area contributed by atoms with Gasteiger partial charge in [0.15, 0.2) is 11.5 Å². The maximum absolute atomic E-state index is 6.12. The molecule has 1 aliphatic carbocycles. The number of hydrogen-bond acceptors (Lipinski definition) is 3. The molecule has 0 atom stereocenters. The molecule has 2 rings (SSSR count). The molecule has 0 saturated heterocycles. The van der Waals surface area contributed by atoms with Crippen molar-refractivity contribution in [3.63, 3.8) is 0 Å². The van der Waals surface area contributed by atoms with Crippen molar-refractivity contribution < 1.29 is 9.47 Å². The van der Waals surface area contributed by atoms with Gasteiger partial charge in [0.2, 0.25) is 0 Å². The maximum atomic E-state index is 6.12. The van der Waals surface area contributed by atoms with E-state index in [0.29, 0.717) is 6.54 Å². The Balaban J connectivity index is 2.53. The molecule has 1 aliphatic rings. The van der Waals surface area contributed by atoms with Crippen LogP contribution in [-0.4, -0.2) is 20.8 Å². The van der Waals surface area contributed by atoms with E-state index in [0.717, 1.165) is 28.8 Å². The fraction of sp³-hybridized carbons (Fsp3) is 0.600. The zero-order chi connectivity index (χ0) is 13.9. The van der Waals surface area contributed by atoms with E-state index in [1.807, 2.05) is 6.07 Å².